The maximum Gasteiger partial charge on any atom is 0.335 e. The third kappa shape index (κ3) is 6.36. The number of urea groups is 1. The van der Waals surface area contributed by atoms with Crippen molar-refractivity contribution in [3.8, 4) is 5.75 Å². The van der Waals surface area contributed by atoms with E-state index in [9.17, 15) is 14.4 Å². The van der Waals surface area contributed by atoms with Gasteiger partial charge < -0.3 is 9.64 Å². The lowest BCUT2D eigenvalue weighted by atomic mass is 9.76. The molecular weight excluding hydrogens is 702 g/mol. The standard InChI is InChI=1S/C43H36BrN3O4/c1-27-12-14-28(15-13-27)26-51-39-17-16-32(44)22-31(39)23-38-41(48)45-43(50)47(42(38)49)33-24-36-34(29-8-4-2-5-9-29)18-20-46-21-19-35(37(25-33)40(36)46)30-10-6-3-7-11-30/h2-17,22-25,34-35H,18-21,26H2,1H3,(H,45,48,50)/b38-23+/t34-,35-/m0/s1. The first kappa shape index (κ1) is 32.7. The fourth-order valence-corrected chi connectivity index (χ4v) is 8.00. The zero-order valence-corrected chi connectivity index (χ0v) is 29.7. The summed E-state index contributed by atoms with van der Waals surface area (Å²) in [5.41, 5.74) is 8.70. The molecule has 51 heavy (non-hydrogen) atoms. The normalized spacial score (nSPS) is 19.2. The first-order valence-corrected chi connectivity index (χ1v) is 18.1. The number of hydrogen-bond acceptors (Lipinski definition) is 5. The average molecular weight is 739 g/mol. The summed E-state index contributed by atoms with van der Waals surface area (Å²) in [6.07, 6.45) is 3.33. The van der Waals surface area contributed by atoms with Crippen molar-refractivity contribution in [1.82, 2.24) is 5.32 Å². The summed E-state index contributed by atoms with van der Waals surface area (Å²) in [4.78, 5) is 45.0. The van der Waals surface area contributed by atoms with Crippen LogP contribution in [0.4, 0.5) is 16.2 Å². The number of aryl methyl sites for hydroxylation is 1. The lowest BCUT2D eigenvalue weighted by Gasteiger charge is -2.44. The van der Waals surface area contributed by atoms with Crippen LogP contribution in [0, 0.1) is 6.92 Å². The third-order valence-electron chi connectivity index (χ3n) is 10.1. The van der Waals surface area contributed by atoms with E-state index in [0.717, 1.165) is 57.6 Å². The van der Waals surface area contributed by atoms with Crippen LogP contribution in [0.2, 0.25) is 0 Å². The molecule has 0 radical (unpaired) electrons. The molecule has 4 amide bonds. The zero-order valence-electron chi connectivity index (χ0n) is 28.1. The first-order chi connectivity index (χ1) is 24.8. The summed E-state index contributed by atoms with van der Waals surface area (Å²) in [6, 6.07) is 37.5. The van der Waals surface area contributed by atoms with Crippen LogP contribution in [-0.4, -0.2) is 30.9 Å². The Morgan fingerprint density at radius 1 is 0.784 bits per heavy atom. The van der Waals surface area contributed by atoms with Crippen LogP contribution in [0.25, 0.3) is 6.08 Å². The summed E-state index contributed by atoms with van der Waals surface area (Å²) < 4.78 is 6.94. The number of carbonyl (C=O) groups is 3. The van der Waals surface area contributed by atoms with Crippen LogP contribution in [0.1, 0.15) is 63.6 Å². The molecule has 1 fully saturated rings. The molecule has 7 nitrogen and oxygen atoms in total. The molecular formula is C43H36BrN3O4. The number of rotatable bonds is 7. The highest BCUT2D eigenvalue weighted by Crippen LogP contribution is 2.50. The highest BCUT2D eigenvalue weighted by atomic mass is 79.9. The number of benzene rings is 5. The molecule has 5 aromatic rings. The lowest BCUT2D eigenvalue weighted by Crippen LogP contribution is -2.54. The molecule has 254 valence electrons. The number of halogens is 1. The van der Waals surface area contributed by atoms with Gasteiger partial charge in [-0.1, -0.05) is 106 Å². The van der Waals surface area contributed by atoms with Crippen molar-refractivity contribution >= 4 is 51.2 Å². The number of anilines is 2. The van der Waals surface area contributed by atoms with Crippen LogP contribution >= 0.6 is 15.9 Å². The average Bonchev–Trinajstić information content (AvgIpc) is 3.14. The highest BCUT2D eigenvalue weighted by Gasteiger charge is 2.40. The Hall–Kier alpha value is -5.47. The molecule has 0 unspecified atom stereocenters. The van der Waals surface area contributed by atoms with Crippen molar-refractivity contribution in [2.75, 3.05) is 22.9 Å². The van der Waals surface area contributed by atoms with Crippen LogP contribution in [-0.2, 0) is 16.2 Å². The molecule has 3 heterocycles. The van der Waals surface area contributed by atoms with E-state index in [1.807, 2.05) is 61.5 Å². The Morgan fingerprint density at radius 2 is 1.39 bits per heavy atom. The van der Waals surface area contributed by atoms with E-state index in [0.29, 0.717) is 23.6 Å². The third-order valence-corrected chi connectivity index (χ3v) is 10.6. The van der Waals surface area contributed by atoms with E-state index in [4.69, 9.17) is 4.74 Å². The van der Waals surface area contributed by atoms with Crippen molar-refractivity contribution < 1.29 is 19.1 Å². The van der Waals surface area contributed by atoms with E-state index in [2.05, 4.69) is 74.7 Å². The zero-order chi connectivity index (χ0) is 35.1. The number of barbiturate groups is 1. The second kappa shape index (κ2) is 13.7. The quantitative estimate of drug-likeness (QED) is 0.133. The van der Waals surface area contributed by atoms with Gasteiger partial charge in [-0.3, -0.25) is 14.9 Å². The van der Waals surface area contributed by atoms with Gasteiger partial charge in [0.05, 0.1) is 5.69 Å². The molecule has 1 N–H and O–H groups in total. The summed E-state index contributed by atoms with van der Waals surface area (Å²) in [6.45, 7) is 4.18. The predicted molar refractivity (Wildman–Crippen MR) is 203 cm³/mol. The van der Waals surface area contributed by atoms with Gasteiger partial charge in [-0.05, 0) is 84.0 Å². The molecule has 0 aromatic heterocycles. The van der Waals surface area contributed by atoms with Gasteiger partial charge in [-0.25, -0.2) is 9.69 Å². The van der Waals surface area contributed by atoms with Gasteiger partial charge in [0.15, 0.2) is 0 Å². The minimum Gasteiger partial charge on any atom is -0.488 e. The Bertz CT molecular complexity index is 2110. The summed E-state index contributed by atoms with van der Waals surface area (Å²) >= 11 is 3.53. The molecule has 0 aliphatic carbocycles. The summed E-state index contributed by atoms with van der Waals surface area (Å²) in [5.74, 6) is -0.762. The van der Waals surface area contributed by atoms with Crippen LogP contribution in [0.5, 0.6) is 5.75 Å². The molecule has 0 saturated carbocycles. The Kier molecular flexibility index (Phi) is 8.78. The van der Waals surface area contributed by atoms with Gasteiger partial charge >= 0.3 is 6.03 Å². The van der Waals surface area contributed by atoms with Gasteiger partial charge in [-0.15, -0.1) is 0 Å². The summed E-state index contributed by atoms with van der Waals surface area (Å²) in [5, 5.41) is 2.45. The summed E-state index contributed by atoms with van der Waals surface area (Å²) in [7, 11) is 0. The fourth-order valence-electron chi connectivity index (χ4n) is 7.63. The van der Waals surface area contributed by atoms with Gasteiger partial charge in [0.1, 0.15) is 17.9 Å². The molecule has 3 aliphatic rings. The van der Waals surface area contributed by atoms with Crippen molar-refractivity contribution in [2.45, 2.75) is 38.2 Å². The predicted octanol–water partition coefficient (Wildman–Crippen LogP) is 8.88. The molecule has 2 atom stereocenters. The molecule has 5 aromatic carbocycles. The van der Waals surface area contributed by atoms with E-state index < -0.39 is 17.8 Å². The van der Waals surface area contributed by atoms with Gasteiger partial charge in [-0.2, -0.15) is 0 Å². The van der Waals surface area contributed by atoms with E-state index in [1.54, 1.807) is 12.1 Å². The van der Waals surface area contributed by atoms with E-state index >= 15 is 0 Å². The number of imide groups is 2. The number of amides is 4. The maximum absolute atomic E-state index is 14.4. The maximum atomic E-state index is 14.4. The number of carbonyl (C=O) groups excluding carboxylic acids is 3. The topological polar surface area (TPSA) is 79.0 Å². The number of nitrogens with one attached hydrogen (secondary N) is 1. The monoisotopic (exact) mass is 737 g/mol. The number of nitrogens with zero attached hydrogens (tertiary/aromatic N) is 2. The van der Waals surface area contributed by atoms with Crippen molar-refractivity contribution in [2.24, 2.45) is 0 Å². The second-order valence-corrected chi connectivity index (χ2v) is 14.3. The van der Waals surface area contributed by atoms with E-state index in [1.165, 1.54) is 22.9 Å². The first-order valence-electron chi connectivity index (χ1n) is 17.3. The number of ether oxygens (including phenoxy) is 1. The molecule has 1 saturated heterocycles. The highest BCUT2D eigenvalue weighted by molar-refractivity contribution is 9.10. The smallest absolute Gasteiger partial charge is 0.335 e. The molecule has 8 rings (SSSR count). The Labute approximate surface area is 305 Å². The SMILES string of the molecule is Cc1ccc(COc2ccc(Br)cc2/C=C2\C(=O)NC(=O)N(c3cc4c5c(c3)[C@H](c3ccccc3)CCN5CC[C@H]4c3ccccc3)C2=O)cc1. The van der Waals surface area contributed by atoms with Crippen molar-refractivity contribution in [1.29, 1.82) is 0 Å². The van der Waals surface area contributed by atoms with Crippen LogP contribution < -0.4 is 19.9 Å². The van der Waals surface area contributed by atoms with Gasteiger partial charge in [0.25, 0.3) is 11.8 Å². The molecule has 0 bridgehead atoms. The van der Waals surface area contributed by atoms with E-state index in [-0.39, 0.29) is 17.4 Å². The Morgan fingerprint density at radius 3 is 2.00 bits per heavy atom. The second-order valence-electron chi connectivity index (χ2n) is 13.4. The van der Waals surface area contributed by atoms with Crippen LogP contribution in [0.3, 0.4) is 0 Å². The fraction of sp³-hybridized carbons (Fsp3) is 0.186. The molecule has 3 aliphatic heterocycles. The van der Waals surface area contributed by atoms with Crippen molar-refractivity contribution in [3.05, 3.63) is 164 Å². The minimum atomic E-state index is -0.768. The minimum absolute atomic E-state index is 0.0835. The lowest BCUT2D eigenvalue weighted by molar-refractivity contribution is -0.122. The Balaban J connectivity index is 1.21. The number of hydrogen-bond donors (Lipinski definition) is 1. The van der Waals surface area contributed by atoms with Crippen molar-refractivity contribution in [3.63, 3.8) is 0 Å². The largest absolute Gasteiger partial charge is 0.488 e. The van der Waals surface area contributed by atoms with Gasteiger partial charge in [0, 0.05) is 40.6 Å². The van der Waals surface area contributed by atoms with Crippen LogP contribution in [0.15, 0.2) is 125 Å². The molecule has 0 spiro atoms. The van der Waals surface area contributed by atoms with Gasteiger partial charge in [0.2, 0.25) is 0 Å². The molecule has 8 heteroatoms.